The van der Waals surface area contributed by atoms with Gasteiger partial charge in [-0.2, -0.15) is 5.10 Å². The summed E-state index contributed by atoms with van der Waals surface area (Å²) in [5, 5.41) is 9.02. The first kappa shape index (κ1) is 14.0. The zero-order chi connectivity index (χ0) is 14.9. The van der Waals surface area contributed by atoms with Gasteiger partial charge in [-0.3, -0.25) is 9.48 Å². The number of anilines is 2. The number of rotatable bonds is 3. The Hall–Kier alpha value is -2.44. The molecular weight excluding hydrogens is 266 g/mol. The van der Waals surface area contributed by atoms with E-state index in [1.165, 1.54) is 11.7 Å². The van der Waals surface area contributed by atoms with Gasteiger partial charge in [0, 0.05) is 25.9 Å². The lowest BCUT2D eigenvalue weighted by Crippen LogP contribution is -2.13. The third-order valence-corrected chi connectivity index (χ3v) is 2.82. The van der Waals surface area contributed by atoms with E-state index in [-0.39, 0.29) is 11.3 Å². The summed E-state index contributed by atoms with van der Waals surface area (Å²) in [7, 11) is 3.12. The Morgan fingerprint density at radius 3 is 2.35 bits per heavy atom. The van der Waals surface area contributed by atoms with Gasteiger partial charge in [-0.15, -0.1) is 0 Å². The number of carbonyl (C=O) groups excluding carboxylic acids is 1. The summed E-state index contributed by atoms with van der Waals surface area (Å²) in [6.45, 7) is 1.72. The molecule has 0 bridgehead atoms. The number of nitrogens with one attached hydrogen (secondary N) is 2. The summed E-state index contributed by atoms with van der Waals surface area (Å²) in [5.74, 6) is -2.23. The van der Waals surface area contributed by atoms with Gasteiger partial charge in [-0.05, 0) is 19.1 Å². The zero-order valence-corrected chi connectivity index (χ0v) is 11.3. The Kier molecular flexibility index (Phi) is 3.69. The number of carbonyl (C=O) groups is 1. The second kappa shape index (κ2) is 5.28. The molecule has 0 spiro atoms. The average Bonchev–Trinajstić information content (AvgIpc) is 2.67. The lowest BCUT2D eigenvalue weighted by Gasteiger charge is -2.08. The summed E-state index contributed by atoms with van der Waals surface area (Å²) in [6, 6.07) is 1.96. The van der Waals surface area contributed by atoms with Crippen LogP contribution in [0.5, 0.6) is 0 Å². The van der Waals surface area contributed by atoms with Gasteiger partial charge in [0.1, 0.15) is 17.3 Å². The van der Waals surface area contributed by atoms with Crippen molar-refractivity contribution in [3.05, 3.63) is 41.2 Å². The standard InChI is InChI=1S/C13H14F2N4O/c1-7-11(6-19(3)18-7)17-13(20)8-4-9(14)12(16-2)10(15)5-8/h4-6,16H,1-3H3,(H,17,20). The molecule has 1 aromatic carbocycles. The average molecular weight is 280 g/mol. The molecule has 0 unspecified atom stereocenters. The van der Waals surface area contributed by atoms with Crippen molar-refractivity contribution in [1.29, 1.82) is 0 Å². The highest BCUT2D eigenvalue weighted by molar-refractivity contribution is 6.04. The number of nitrogens with zero attached hydrogens (tertiary/aromatic N) is 2. The summed E-state index contributed by atoms with van der Waals surface area (Å²) >= 11 is 0. The zero-order valence-electron chi connectivity index (χ0n) is 11.3. The van der Waals surface area contributed by atoms with Crippen molar-refractivity contribution in [2.75, 3.05) is 17.7 Å². The largest absolute Gasteiger partial charge is 0.383 e. The lowest BCUT2D eigenvalue weighted by atomic mass is 10.1. The van der Waals surface area contributed by atoms with E-state index in [0.717, 1.165) is 12.1 Å². The van der Waals surface area contributed by atoms with E-state index in [0.29, 0.717) is 11.4 Å². The minimum atomic E-state index is -0.819. The Balaban J connectivity index is 2.28. The highest BCUT2D eigenvalue weighted by Gasteiger charge is 2.15. The molecule has 1 heterocycles. The molecule has 20 heavy (non-hydrogen) atoms. The van der Waals surface area contributed by atoms with E-state index in [2.05, 4.69) is 15.7 Å². The predicted octanol–water partition coefficient (Wildman–Crippen LogP) is 2.30. The first-order valence-electron chi connectivity index (χ1n) is 5.90. The number of aromatic nitrogens is 2. The van der Waals surface area contributed by atoms with Gasteiger partial charge in [-0.1, -0.05) is 0 Å². The van der Waals surface area contributed by atoms with Crippen LogP contribution < -0.4 is 10.6 Å². The minimum absolute atomic E-state index is 0.0951. The molecule has 2 N–H and O–H groups in total. The van der Waals surface area contributed by atoms with Crippen LogP contribution >= 0.6 is 0 Å². The molecule has 1 aromatic heterocycles. The molecular formula is C13H14F2N4O. The van der Waals surface area contributed by atoms with Crippen LogP contribution in [0, 0.1) is 18.6 Å². The molecule has 5 nitrogen and oxygen atoms in total. The number of amides is 1. The summed E-state index contributed by atoms with van der Waals surface area (Å²) in [5.41, 5.74) is 0.756. The first-order valence-corrected chi connectivity index (χ1v) is 5.90. The Bertz CT molecular complexity index is 643. The van der Waals surface area contributed by atoms with E-state index in [1.54, 1.807) is 20.2 Å². The molecule has 0 atom stereocenters. The maximum atomic E-state index is 13.6. The third kappa shape index (κ3) is 2.61. The molecule has 0 radical (unpaired) electrons. The molecule has 2 aromatic rings. The van der Waals surface area contributed by atoms with Gasteiger partial charge in [0.15, 0.2) is 0 Å². The molecule has 7 heteroatoms. The molecule has 0 saturated heterocycles. The van der Waals surface area contributed by atoms with Gasteiger partial charge in [0.2, 0.25) is 0 Å². The highest BCUT2D eigenvalue weighted by atomic mass is 19.1. The van der Waals surface area contributed by atoms with Crippen LogP contribution in [0.4, 0.5) is 20.2 Å². The SMILES string of the molecule is CNc1c(F)cc(C(=O)Nc2cn(C)nc2C)cc1F. The summed E-state index contributed by atoms with van der Waals surface area (Å²) in [6.07, 6.45) is 1.61. The van der Waals surface area contributed by atoms with Gasteiger partial charge >= 0.3 is 0 Å². The van der Waals surface area contributed by atoms with E-state index in [1.807, 2.05) is 0 Å². The lowest BCUT2D eigenvalue weighted by molar-refractivity contribution is 0.102. The number of aryl methyl sites for hydroxylation is 2. The third-order valence-electron chi connectivity index (χ3n) is 2.82. The van der Waals surface area contributed by atoms with E-state index >= 15 is 0 Å². The fourth-order valence-electron chi connectivity index (χ4n) is 1.86. The Morgan fingerprint density at radius 1 is 1.30 bits per heavy atom. The fraction of sp³-hybridized carbons (Fsp3) is 0.231. The molecule has 0 saturated carbocycles. The summed E-state index contributed by atoms with van der Waals surface area (Å²) in [4.78, 5) is 12.0. The van der Waals surface area contributed by atoms with Gasteiger partial charge in [-0.25, -0.2) is 8.78 Å². The summed E-state index contributed by atoms with van der Waals surface area (Å²) < 4.78 is 28.7. The Labute approximate surface area is 114 Å². The Morgan fingerprint density at radius 2 is 1.90 bits per heavy atom. The topological polar surface area (TPSA) is 59.0 Å². The van der Waals surface area contributed by atoms with E-state index in [9.17, 15) is 13.6 Å². The second-order valence-corrected chi connectivity index (χ2v) is 4.32. The van der Waals surface area contributed by atoms with Gasteiger partial charge in [0.25, 0.3) is 5.91 Å². The van der Waals surface area contributed by atoms with E-state index in [4.69, 9.17) is 0 Å². The molecule has 0 aliphatic carbocycles. The van der Waals surface area contributed by atoms with Crippen LogP contribution in [0.1, 0.15) is 16.1 Å². The fourth-order valence-corrected chi connectivity index (χ4v) is 1.86. The van der Waals surface area contributed by atoms with Crippen LogP contribution in [0.3, 0.4) is 0 Å². The van der Waals surface area contributed by atoms with Gasteiger partial charge in [0.05, 0.1) is 11.4 Å². The van der Waals surface area contributed by atoms with Crippen LogP contribution in [-0.4, -0.2) is 22.7 Å². The maximum Gasteiger partial charge on any atom is 0.255 e. The quantitative estimate of drug-likeness (QED) is 0.907. The van der Waals surface area contributed by atoms with Crippen LogP contribution in [0.2, 0.25) is 0 Å². The van der Waals surface area contributed by atoms with Crippen molar-refractivity contribution in [3.8, 4) is 0 Å². The number of halogens is 2. The number of hydrogen-bond acceptors (Lipinski definition) is 3. The van der Waals surface area contributed by atoms with Crippen molar-refractivity contribution >= 4 is 17.3 Å². The normalized spacial score (nSPS) is 10.4. The number of hydrogen-bond donors (Lipinski definition) is 2. The maximum absolute atomic E-state index is 13.6. The van der Waals surface area contributed by atoms with Crippen molar-refractivity contribution < 1.29 is 13.6 Å². The van der Waals surface area contributed by atoms with Crippen LogP contribution in [0.15, 0.2) is 18.3 Å². The second-order valence-electron chi connectivity index (χ2n) is 4.32. The van der Waals surface area contributed by atoms with Crippen molar-refractivity contribution in [2.45, 2.75) is 6.92 Å². The molecule has 0 aliphatic heterocycles. The van der Waals surface area contributed by atoms with Crippen molar-refractivity contribution in [2.24, 2.45) is 7.05 Å². The van der Waals surface area contributed by atoms with Gasteiger partial charge < -0.3 is 10.6 Å². The van der Waals surface area contributed by atoms with Crippen molar-refractivity contribution in [1.82, 2.24) is 9.78 Å². The smallest absolute Gasteiger partial charge is 0.255 e. The molecule has 1 amide bonds. The number of benzene rings is 1. The van der Waals surface area contributed by atoms with E-state index < -0.39 is 17.5 Å². The molecule has 0 fully saturated rings. The molecule has 0 aliphatic rings. The molecule has 2 rings (SSSR count). The van der Waals surface area contributed by atoms with Crippen LogP contribution in [-0.2, 0) is 7.05 Å². The minimum Gasteiger partial charge on any atom is -0.383 e. The monoisotopic (exact) mass is 280 g/mol. The van der Waals surface area contributed by atoms with Crippen molar-refractivity contribution in [3.63, 3.8) is 0 Å². The highest BCUT2D eigenvalue weighted by Crippen LogP contribution is 2.21. The van der Waals surface area contributed by atoms with Crippen LogP contribution in [0.25, 0.3) is 0 Å². The first-order chi connectivity index (χ1) is 9.42. The molecule has 106 valence electrons. The predicted molar refractivity (Wildman–Crippen MR) is 71.8 cm³/mol.